The highest BCUT2D eigenvalue weighted by Gasteiger charge is 2.49. The molecule has 2 fully saturated rings. The minimum atomic E-state index is -0.380. The molecule has 0 bridgehead atoms. The molecule has 0 N–H and O–H groups in total. The molecule has 3 aliphatic heterocycles. The maximum Gasteiger partial charge on any atom is 0.187 e. The summed E-state index contributed by atoms with van der Waals surface area (Å²) in [7, 11) is 0.473. The van der Waals surface area contributed by atoms with Gasteiger partial charge in [-0.3, -0.25) is 0 Å². The van der Waals surface area contributed by atoms with Crippen LogP contribution in [0.4, 0.5) is 0 Å². The standard InChI is InChI=1S/C11H17O2S2/c1-11(2)12-8-6-10-14-4-3-5-15(10)7-9(8)13-11/h6,8-9H,3-5,7H2,1-2H3/q+1/t8-,9+,15?/m0/s1. The second-order valence-electron chi connectivity index (χ2n) is 4.69. The molecule has 3 heterocycles. The van der Waals surface area contributed by atoms with Gasteiger partial charge in [0.1, 0.15) is 23.7 Å². The molecule has 2 nitrogen and oxygen atoms in total. The van der Waals surface area contributed by atoms with Crippen LogP contribution in [0.1, 0.15) is 20.3 Å². The van der Waals surface area contributed by atoms with Crippen LogP contribution >= 0.6 is 11.8 Å². The van der Waals surface area contributed by atoms with E-state index in [1.54, 1.807) is 4.24 Å². The van der Waals surface area contributed by atoms with Crippen molar-refractivity contribution in [2.24, 2.45) is 0 Å². The molecule has 0 spiro atoms. The summed E-state index contributed by atoms with van der Waals surface area (Å²) in [4.78, 5) is 0. The number of ether oxygens (including phenoxy) is 2. The van der Waals surface area contributed by atoms with E-state index in [4.69, 9.17) is 9.47 Å². The minimum absolute atomic E-state index is 0.212. The van der Waals surface area contributed by atoms with E-state index in [9.17, 15) is 0 Å². The predicted molar refractivity (Wildman–Crippen MR) is 66.1 cm³/mol. The zero-order chi connectivity index (χ0) is 10.5. The van der Waals surface area contributed by atoms with Gasteiger partial charge in [-0.05, 0) is 13.8 Å². The van der Waals surface area contributed by atoms with E-state index in [0.717, 1.165) is 0 Å². The molecular weight excluding hydrogens is 228 g/mol. The van der Waals surface area contributed by atoms with Gasteiger partial charge in [-0.15, -0.1) is 0 Å². The Kier molecular flexibility index (Phi) is 2.58. The van der Waals surface area contributed by atoms with Crippen LogP contribution in [0, 0.1) is 0 Å². The lowest BCUT2D eigenvalue weighted by Gasteiger charge is -2.24. The van der Waals surface area contributed by atoms with Gasteiger partial charge >= 0.3 is 0 Å². The number of hydrogen-bond donors (Lipinski definition) is 0. The second kappa shape index (κ2) is 3.69. The average Bonchev–Trinajstić information content (AvgIpc) is 2.46. The Bertz CT molecular complexity index is 301. The molecule has 0 aliphatic carbocycles. The Morgan fingerprint density at radius 3 is 3.20 bits per heavy atom. The first-order valence-electron chi connectivity index (χ1n) is 5.52. The van der Waals surface area contributed by atoms with Crippen LogP contribution in [0.15, 0.2) is 10.3 Å². The zero-order valence-corrected chi connectivity index (χ0v) is 10.8. The fraction of sp³-hybridized carbons (Fsp3) is 0.818. The summed E-state index contributed by atoms with van der Waals surface area (Å²) in [5.41, 5.74) is 0. The van der Waals surface area contributed by atoms with Crippen molar-refractivity contribution in [1.29, 1.82) is 0 Å². The lowest BCUT2D eigenvalue weighted by atomic mass is 10.2. The zero-order valence-electron chi connectivity index (χ0n) is 9.19. The van der Waals surface area contributed by atoms with Crippen molar-refractivity contribution in [3.63, 3.8) is 0 Å². The summed E-state index contributed by atoms with van der Waals surface area (Å²) in [5, 5.41) is 0. The molecule has 3 rings (SSSR count). The Hall–Kier alpha value is 0.360. The first-order valence-corrected chi connectivity index (χ1v) is 8.07. The summed E-state index contributed by atoms with van der Waals surface area (Å²) in [5.74, 6) is 3.46. The van der Waals surface area contributed by atoms with Gasteiger partial charge < -0.3 is 9.47 Å². The maximum atomic E-state index is 5.93. The lowest BCUT2D eigenvalue weighted by Crippen LogP contribution is -2.37. The van der Waals surface area contributed by atoms with Crippen molar-refractivity contribution >= 4 is 22.7 Å². The van der Waals surface area contributed by atoms with E-state index in [2.05, 4.69) is 6.08 Å². The second-order valence-corrected chi connectivity index (χ2v) is 8.25. The molecule has 1 unspecified atom stereocenters. The monoisotopic (exact) mass is 245 g/mol. The third-order valence-electron chi connectivity index (χ3n) is 2.95. The number of rotatable bonds is 0. The number of hydrogen-bond acceptors (Lipinski definition) is 3. The van der Waals surface area contributed by atoms with Crippen LogP contribution in [-0.2, 0) is 20.4 Å². The Morgan fingerprint density at radius 2 is 2.33 bits per heavy atom. The Labute approximate surface area is 98.1 Å². The summed E-state index contributed by atoms with van der Waals surface area (Å²) in [6.07, 6.45) is 4.22. The number of thioether (sulfide) groups is 1. The summed E-state index contributed by atoms with van der Waals surface area (Å²) < 4.78 is 13.4. The van der Waals surface area contributed by atoms with E-state index in [1.165, 1.54) is 23.7 Å². The quantitative estimate of drug-likeness (QED) is 0.609. The van der Waals surface area contributed by atoms with Crippen molar-refractivity contribution in [2.45, 2.75) is 38.3 Å². The fourth-order valence-corrected chi connectivity index (χ4v) is 6.64. The van der Waals surface area contributed by atoms with Crippen molar-refractivity contribution in [2.75, 3.05) is 17.3 Å². The third kappa shape index (κ3) is 1.97. The van der Waals surface area contributed by atoms with Crippen molar-refractivity contribution in [1.82, 2.24) is 0 Å². The van der Waals surface area contributed by atoms with E-state index >= 15 is 0 Å². The third-order valence-corrected chi connectivity index (χ3v) is 7.14. The Morgan fingerprint density at radius 1 is 1.47 bits per heavy atom. The minimum Gasteiger partial charge on any atom is -0.340 e. The molecule has 2 saturated heterocycles. The van der Waals surface area contributed by atoms with Crippen LogP contribution in [0.25, 0.3) is 0 Å². The summed E-state index contributed by atoms with van der Waals surface area (Å²) in [6.45, 7) is 4.04. The van der Waals surface area contributed by atoms with Crippen LogP contribution < -0.4 is 0 Å². The van der Waals surface area contributed by atoms with Crippen LogP contribution in [-0.4, -0.2) is 35.3 Å². The molecule has 84 valence electrons. The van der Waals surface area contributed by atoms with Gasteiger partial charge in [0.15, 0.2) is 10.0 Å². The molecule has 0 aromatic rings. The molecule has 3 atom stereocenters. The van der Waals surface area contributed by atoms with Crippen LogP contribution in [0.3, 0.4) is 0 Å². The van der Waals surface area contributed by atoms with Gasteiger partial charge in [0.25, 0.3) is 0 Å². The molecule has 0 aromatic carbocycles. The van der Waals surface area contributed by atoms with E-state index in [-0.39, 0.29) is 11.9 Å². The van der Waals surface area contributed by atoms with E-state index in [0.29, 0.717) is 17.0 Å². The van der Waals surface area contributed by atoms with Gasteiger partial charge in [0, 0.05) is 29.1 Å². The highest BCUT2D eigenvalue weighted by atomic mass is 32.2. The molecular formula is C11H17O2S2+. The highest BCUT2D eigenvalue weighted by Crippen LogP contribution is 2.41. The summed E-state index contributed by atoms with van der Waals surface area (Å²) >= 11 is 2.03. The van der Waals surface area contributed by atoms with Gasteiger partial charge in [0.2, 0.25) is 0 Å². The largest absolute Gasteiger partial charge is 0.340 e. The SMILES string of the molecule is CC1(C)O[C@H]2C=C3SCCC[S+]3C[C@H]2O1. The van der Waals surface area contributed by atoms with Crippen molar-refractivity contribution in [3.8, 4) is 0 Å². The fourth-order valence-electron chi connectivity index (χ4n) is 2.37. The first-order chi connectivity index (χ1) is 7.14. The average molecular weight is 245 g/mol. The smallest absolute Gasteiger partial charge is 0.187 e. The van der Waals surface area contributed by atoms with Crippen molar-refractivity contribution in [3.05, 3.63) is 10.3 Å². The molecule has 0 radical (unpaired) electrons. The molecule has 3 aliphatic rings. The van der Waals surface area contributed by atoms with Crippen molar-refractivity contribution < 1.29 is 9.47 Å². The highest BCUT2D eigenvalue weighted by molar-refractivity contribution is 8.21. The molecule has 4 heteroatoms. The lowest BCUT2D eigenvalue weighted by molar-refractivity contribution is -0.140. The van der Waals surface area contributed by atoms with E-state index in [1.807, 2.05) is 25.6 Å². The Balaban J connectivity index is 1.82. The van der Waals surface area contributed by atoms with Gasteiger partial charge in [-0.25, -0.2) is 0 Å². The molecule has 0 aromatic heterocycles. The first kappa shape index (κ1) is 10.5. The topological polar surface area (TPSA) is 18.5 Å². The molecule has 0 amide bonds. The molecule has 15 heavy (non-hydrogen) atoms. The van der Waals surface area contributed by atoms with Crippen LogP contribution in [0.5, 0.6) is 0 Å². The normalized spacial score (nSPS) is 43.1. The predicted octanol–water partition coefficient (Wildman–Crippen LogP) is 2.12. The van der Waals surface area contributed by atoms with Gasteiger partial charge in [0.05, 0.1) is 0 Å². The van der Waals surface area contributed by atoms with Gasteiger partial charge in [-0.2, -0.15) is 0 Å². The number of fused-ring (bicyclic) bond motifs is 2. The summed E-state index contributed by atoms with van der Waals surface area (Å²) in [6, 6.07) is 0. The van der Waals surface area contributed by atoms with E-state index < -0.39 is 0 Å². The van der Waals surface area contributed by atoms with Gasteiger partial charge in [-0.1, -0.05) is 11.8 Å². The maximum absolute atomic E-state index is 5.93. The molecule has 0 saturated carbocycles. The van der Waals surface area contributed by atoms with Crippen LogP contribution in [0.2, 0.25) is 0 Å².